The summed E-state index contributed by atoms with van der Waals surface area (Å²) in [7, 11) is 3.19. The summed E-state index contributed by atoms with van der Waals surface area (Å²) in [5.41, 5.74) is 2.03. The molecule has 0 fully saturated rings. The highest BCUT2D eigenvalue weighted by Crippen LogP contribution is 2.33. The standard InChI is InChI=1S/C15H18N2O3/c1-4-5-12-14(16-9-17-15(12)18)11-7-6-10(19-2)8-13(11)20-3/h6-9H,4-5H2,1-3H3,(H,16,17,18). The maximum atomic E-state index is 12.0. The number of nitrogens with zero attached hydrogens (tertiary/aromatic N) is 1. The zero-order valence-corrected chi connectivity index (χ0v) is 11.9. The molecule has 0 amide bonds. The monoisotopic (exact) mass is 274 g/mol. The van der Waals surface area contributed by atoms with Crippen LogP contribution >= 0.6 is 0 Å². The van der Waals surface area contributed by atoms with E-state index < -0.39 is 0 Å². The van der Waals surface area contributed by atoms with Gasteiger partial charge < -0.3 is 14.5 Å². The molecule has 2 rings (SSSR count). The third kappa shape index (κ3) is 2.66. The summed E-state index contributed by atoms with van der Waals surface area (Å²) in [5.74, 6) is 1.34. The highest BCUT2D eigenvalue weighted by Gasteiger charge is 2.15. The van der Waals surface area contributed by atoms with Crippen molar-refractivity contribution in [3.63, 3.8) is 0 Å². The fraction of sp³-hybridized carbons (Fsp3) is 0.333. The molecule has 20 heavy (non-hydrogen) atoms. The normalized spacial score (nSPS) is 10.3. The highest BCUT2D eigenvalue weighted by atomic mass is 16.5. The van der Waals surface area contributed by atoms with Crippen molar-refractivity contribution in [1.82, 2.24) is 9.97 Å². The molecular weight excluding hydrogens is 256 g/mol. The molecule has 106 valence electrons. The van der Waals surface area contributed by atoms with E-state index in [9.17, 15) is 4.79 Å². The van der Waals surface area contributed by atoms with Crippen molar-refractivity contribution in [3.8, 4) is 22.8 Å². The first-order chi connectivity index (χ1) is 9.71. The van der Waals surface area contributed by atoms with Gasteiger partial charge in [0.25, 0.3) is 5.56 Å². The molecule has 2 aromatic rings. The lowest BCUT2D eigenvalue weighted by Crippen LogP contribution is -2.15. The number of hydrogen-bond acceptors (Lipinski definition) is 4. The first-order valence-corrected chi connectivity index (χ1v) is 6.50. The van der Waals surface area contributed by atoms with Crippen molar-refractivity contribution in [3.05, 3.63) is 40.4 Å². The largest absolute Gasteiger partial charge is 0.497 e. The smallest absolute Gasteiger partial charge is 0.254 e. The Morgan fingerprint density at radius 3 is 2.70 bits per heavy atom. The number of hydrogen-bond donors (Lipinski definition) is 1. The van der Waals surface area contributed by atoms with Gasteiger partial charge in [0.1, 0.15) is 11.5 Å². The molecule has 0 atom stereocenters. The molecule has 5 heteroatoms. The minimum atomic E-state index is -0.102. The molecule has 0 aliphatic carbocycles. The van der Waals surface area contributed by atoms with Gasteiger partial charge in [0.2, 0.25) is 0 Å². The van der Waals surface area contributed by atoms with Crippen molar-refractivity contribution in [2.45, 2.75) is 19.8 Å². The van der Waals surface area contributed by atoms with Crippen LogP contribution in [-0.4, -0.2) is 24.2 Å². The maximum Gasteiger partial charge on any atom is 0.254 e. The Bertz CT molecular complexity index is 650. The van der Waals surface area contributed by atoms with E-state index >= 15 is 0 Å². The van der Waals surface area contributed by atoms with Gasteiger partial charge in [0.05, 0.1) is 26.2 Å². The molecule has 0 bridgehead atoms. The Balaban J connectivity index is 2.62. The van der Waals surface area contributed by atoms with Crippen LogP contribution < -0.4 is 15.0 Å². The van der Waals surface area contributed by atoms with Gasteiger partial charge in [-0.2, -0.15) is 0 Å². The molecule has 0 saturated carbocycles. The summed E-state index contributed by atoms with van der Waals surface area (Å²) < 4.78 is 10.6. The van der Waals surface area contributed by atoms with Gasteiger partial charge in [-0.1, -0.05) is 13.3 Å². The van der Waals surface area contributed by atoms with Gasteiger partial charge in [-0.25, -0.2) is 4.98 Å². The number of rotatable bonds is 5. The zero-order chi connectivity index (χ0) is 14.5. The Morgan fingerprint density at radius 2 is 2.05 bits per heavy atom. The van der Waals surface area contributed by atoms with E-state index in [4.69, 9.17) is 9.47 Å². The van der Waals surface area contributed by atoms with Crippen molar-refractivity contribution in [2.75, 3.05) is 14.2 Å². The van der Waals surface area contributed by atoms with Crippen molar-refractivity contribution in [1.29, 1.82) is 0 Å². The number of ether oxygens (including phenoxy) is 2. The number of nitrogens with one attached hydrogen (secondary N) is 1. The minimum absolute atomic E-state index is 0.102. The lowest BCUT2D eigenvalue weighted by atomic mass is 10.0. The summed E-state index contributed by atoms with van der Waals surface area (Å²) in [6.45, 7) is 2.03. The average Bonchev–Trinajstić information content (AvgIpc) is 2.49. The lowest BCUT2D eigenvalue weighted by Gasteiger charge is -2.12. The minimum Gasteiger partial charge on any atom is -0.497 e. The summed E-state index contributed by atoms with van der Waals surface area (Å²) >= 11 is 0. The van der Waals surface area contributed by atoms with Crippen molar-refractivity contribution < 1.29 is 9.47 Å². The Kier molecular flexibility index (Phi) is 4.40. The van der Waals surface area contributed by atoms with Gasteiger partial charge >= 0.3 is 0 Å². The number of H-pyrrole nitrogens is 1. The second kappa shape index (κ2) is 6.23. The number of benzene rings is 1. The molecule has 0 aliphatic rings. The average molecular weight is 274 g/mol. The molecule has 0 saturated heterocycles. The van der Waals surface area contributed by atoms with Gasteiger partial charge in [0, 0.05) is 17.2 Å². The van der Waals surface area contributed by atoms with Crippen LogP contribution in [0.3, 0.4) is 0 Å². The van der Waals surface area contributed by atoms with Crippen LogP contribution in [0.5, 0.6) is 11.5 Å². The summed E-state index contributed by atoms with van der Waals surface area (Å²) in [6.07, 6.45) is 2.97. The highest BCUT2D eigenvalue weighted by molar-refractivity contribution is 5.70. The first-order valence-electron chi connectivity index (χ1n) is 6.50. The second-order valence-corrected chi connectivity index (χ2v) is 4.38. The SMILES string of the molecule is CCCc1c(-c2ccc(OC)cc2OC)nc[nH]c1=O. The molecule has 1 aromatic heterocycles. The summed E-state index contributed by atoms with van der Waals surface area (Å²) in [6, 6.07) is 5.48. The number of aromatic nitrogens is 2. The van der Waals surface area contributed by atoms with E-state index in [2.05, 4.69) is 9.97 Å². The van der Waals surface area contributed by atoms with E-state index in [0.29, 0.717) is 29.2 Å². The molecule has 1 N–H and O–H groups in total. The molecule has 0 radical (unpaired) electrons. The van der Waals surface area contributed by atoms with Gasteiger partial charge in [-0.05, 0) is 18.6 Å². The molecule has 1 aromatic carbocycles. The predicted molar refractivity (Wildman–Crippen MR) is 77.4 cm³/mol. The topological polar surface area (TPSA) is 64.2 Å². The Morgan fingerprint density at radius 1 is 1.25 bits per heavy atom. The van der Waals surface area contributed by atoms with Gasteiger partial charge in [-0.3, -0.25) is 4.79 Å². The van der Waals surface area contributed by atoms with Crippen molar-refractivity contribution >= 4 is 0 Å². The molecular formula is C15H18N2O3. The molecule has 5 nitrogen and oxygen atoms in total. The summed E-state index contributed by atoms with van der Waals surface area (Å²) in [4.78, 5) is 18.9. The van der Waals surface area contributed by atoms with E-state index in [0.717, 1.165) is 12.0 Å². The zero-order valence-electron chi connectivity index (χ0n) is 11.9. The predicted octanol–water partition coefficient (Wildman–Crippen LogP) is 2.41. The van der Waals surface area contributed by atoms with Crippen LogP contribution in [0.4, 0.5) is 0 Å². The van der Waals surface area contributed by atoms with Crippen LogP contribution in [0.15, 0.2) is 29.3 Å². The molecule has 0 spiro atoms. The van der Waals surface area contributed by atoms with Crippen LogP contribution in [0.1, 0.15) is 18.9 Å². The molecule has 1 heterocycles. The van der Waals surface area contributed by atoms with E-state index in [1.165, 1.54) is 6.33 Å². The third-order valence-corrected chi connectivity index (χ3v) is 3.11. The van der Waals surface area contributed by atoms with Crippen LogP contribution in [0, 0.1) is 0 Å². The van der Waals surface area contributed by atoms with Crippen LogP contribution in [-0.2, 0) is 6.42 Å². The lowest BCUT2D eigenvalue weighted by molar-refractivity contribution is 0.395. The Hall–Kier alpha value is -2.30. The second-order valence-electron chi connectivity index (χ2n) is 4.38. The maximum absolute atomic E-state index is 12.0. The Labute approximate surface area is 117 Å². The van der Waals surface area contributed by atoms with Crippen LogP contribution in [0.2, 0.25) is 0 Å². The van der Waals surface area contributed by atoms with Crippen molar-refractivity contribution in [2.24, 2.45) is 0 Å². The quantitative estimate of drug-likeness (QED) is 0.909. The fourth-order valence-corrected chi connectivity index (χ4v) is 2.14. The first kappa shape index (κ1) is 14.1. The number of methoxy groups -OCH3 is 2. The summed E-state index contributed by atoms with van der Waals surface area (Å²) in [5, 5.41) is 0. The fourth-order valence-electron chi connectivity index (χ4n) is 2.14. The van der Waals surface area contributed by atoms with Crippen LogP contribution in [0.25, 0.3) is 11.3 Å². The van der Waals surface area contributed by atoms with E-state index in [-0.39, 0.29) is 5.56 Å². The van der Waals surface area contributed by atoms with E-state index in [1.807, 2.05) is 19.1 Å². The molecule has 0 unspecified atom stereocenters. The van der Waals surface area contributed by atoms with Gasteiger partial charge in [0.15, 0.2) is 0 Å². The van der Waals surface area contributed by atoms with Gasteiger partial charge in [-0.15, -0.1) is 0 Å². The van der Waals surface area contributed by atoms with E-state index in [1.54, 1.807) is 20.3 Å². The molecule has 0 aliphatic heterocycles. The number of aromatic amines is 1. The third-order valence-electron chi connectivity index (χ3n) is 3.11.